The van der Waals surface area contributed by atoms with Crippen molar-refractivity contribution in [3.05, 3.63) is 69.2 Å². The molecule has 4 nitrogen and oxygen atoms in total. The maximum atomic E-state index is 12.3. The third-order valence-electron chi connectivity index (χ3n) is 4.24. The molecule has 1 N–H and O–H groups in total. The van der Waals surface area contributed by atoms with Crippen molar-refractivity contribution in [2.45, 2.75) is 39.2 Å². The maximum Gasteiger partial charge on any atom is 0.262 e. The zero-order chi connectivity index (χ0) is 21.1. The van der Waals surface area contributed by atoms with Crippen LogP contribution in [0, 0.1) is 11.3 Å². The molecule has 0 aliphatic carbocycles. The van der Waals surface area contributed by atoms with Gasteiger partial charge < -0.3 is 10.1 Å². The highest BCUT2D eigenvalue weighted by molar-refractivity contribution is 6.37. The number of ether oxygens (including phenoxy) is 1. The monoisotopic (exact) mass is 430 g/mol. The minimum absolute atomic E-state index is 0.0266. The van der Waals surface area contributed by atoms with Crippen LogP contribution in [0.4, 0.5) is 0 Å². The number of nitrogens with one attached hydrogen (secondary N) is 1. The molecule has 0 unspecified atom stereocenters. The van der Waals surface area contributed by atoms with Gasteiger partial charge in [-0.05, 0) is 35.8 Å². The summed E-state index contributed by atoms with van der Waals surface area (Å²) < 4.78 is 5.71. The first-order chi connectivity index (χ1) is 14.0. The summed E-state index contributed by atoms with van der Waals surface area (Å²) in [6, 6.07) is 14.7. The van der Waals surface area contributed by atoms with Gasteiger partial charge in [-0.2, -0.15) is 5.26 Å². The van der Waals surface area contributed by atoms with E-state index < -0.39 is 5.91 Å². The molecule has 0 fully saturated rings. The quantitative estimate of drug-likeness (QED) is 0.278. The predicted molar refractivity (Wildman–Crippen MR) is 118 cm³/mol. The lowest BCUT2D eigenvalue weighted by Gasteiger charge is -2.11. The van der Waals surface area contributed by atoms with Crippen molar-refractivity contribution in [2.24, 2.45) is 0 Å². The molecule has 0 atom stereocenters. The average Bonchev–Trinajstić information content (AvgIpc) is 2.72. The molecule has 2 aromatic rings. The zero-order valence-corrected chi connectivity index (χ0v) is 17.9. The Morgan fingerprint density at radius 2 is 1.83 bits per heavy atom. The summed E-state index contributed by atoms with van der Waals surface area (Å²) in [5, 5.41) is 12.8. The molecule has 152 valence electrons. The predicted octanol–water partition coefficient (Wildman–Crippen LogP) is 6.18. The highest BCUT2D eigenvalue weighted by Crippen LogP contribution is 2.35. The lowest BCUT2D eigenvalue weighted by atomic mass is 10.1. The van der Waals surface area contributed by atoms with Crippen LogP contribution in [0.25, 0.3) is 6.08 Å². The Balaban J connectivity index is 2.04. The van der Waals surface area contributed by atoms with Crippen LogP contribution in [-0.4, -0.2) is 12.5 Å². The molecule has 0 radical (unpaired) electrons. The standard InChI is InChI=1S/C23H24Cl2N2O2/c1-2-3-4-8-11-29-22-20(24)13-18(14-21(22)25)12-19(15-26)23(28)27-16-17-9-6-5-7-10-17/h5-7,9-10,12-14H,2-4,8,11,16H2,1H3,(H,27,28). The van der Waals surface area contributed by atoms with Gasteiger partial charge >= 0.3 is 0 Å². The normalized spacial score (nSPS) is 11.0. The van der Waals surface area contributed by atoms with E-state index in [1.165, 1.54) is 6.08 Å². The molecule has 2 aromatic carbocycles. The summed E-state index contributed by atoms with van der Waals surface area (Å²) in [4.78, 5) is 12.3. The number of benzene rings is 2. The van der Waals surface area contributed by atoms with Crippen LogP contribution in [0.1, 0.15) is 43.7 Å². The Labute approximate surface area is 182 Å². The van der Waals surface area contributed by atoms with Crippen molar-refractivity contribution in [3.8, 4) is 11.8 Å². The number of rotatable bonds is 10. The Morgan fingerprint density at radius 3 is 2.45 bits per heavy atom. The van der Waals surface area contributed by atoms with Gasteiger partial charge in [-0.15, -0.1) is 0 Å². The first-order valence-corrected chi connectivity index (χ1v) is 10.4. The molecule has 2 rings (SSSR count). The molecule has 0 aliphatic heterocycles. The number of hydrogen-bond donors (Lipinski definition) is 1. The van der Waals surface area contributed by atoms with Gasteiger partial charge in [0.25, 0.3) is 5.91 Å². The van der Waals surface area contributed by atoms with E-state index in [1.54, 1.807) is 12.1 Å². The van der Waals surface area contributed by atoms with Gasteiger partial charge in [-0.25, -0.2) is 0 Å². The van der Waals surface area contributed by atoms with Gasteiger partial charge in [-0.1, -0.05) is 79.7 Å². The molecule has 6 heteroatoms. The lowest BCUT2D eigenvalue weighted by molar-refractivity contribution is -0.117. The van der Waals surface area contributed by atoms with Crippen molar-refractivity contribution < 1.29 is 9.53 Å². The van der Waals surface area contributed by atoms with Crippen molar-refractivity contribution in [2.75, 3.05) is 6.61 Å². The molecule has 0 aromatic heterocycles. The molecule has 0 saturated carbocycles. The second kappa shape index (κ2) is 12.2. The maximum absolute atomic E-state index is 12.3. The fraction of sp³-hybridized carbons (Fsp3) is 0.304. The van der Waals surface area contributed by atoms with E-state index in [2.05, 4.69) is 12.2 Å². The fourth-order valence-electron chi connectivity index (χ4n) is 2.69. The van der Waals surface area contributed by atoms with E-state index in [1.807, 2.05) is 36.4 Å². The summed E-state index contributed by atoms with van der Waals surface area (Å²) in [6.07, 6.45) is 5.81. The number of hydrogen-bond acceptors (Lipinski definition) is 3. The van der Waals surface area contributed by atoms with Gasteiger partial charge in [0, 0.05) is 6.54 Å². The molecule has 0 aliphatic rings. The molecule has 0 spiro atoms. The number of carbonyl (C=O) groups excluding carboxylic acids is 1. The van der Waals surface area contributed by atoms with Crippen LogP contribution in [-0.2, 0) is 11.3 Å². The summed E-state index contributed by atoms with van der Waals surface area (Å²) >= 11 is 12.6. The van der Waals surface area contributed by atoms with E-state index >= 15 is 0 Å². The van der Waals surface area contributed by atoms with E-state index in [4.69, 9.17) is 27.9 Å². The molecule has 29 heavy (non-hydrogen) atoms. The van der Waals surface area contributed by atoms with Crippen LogP contribution in [0.2, 0.25) is 10.0 Å². The Morgan fingerprint density at radius 1 is 1.14 bits per heavy atom. The Kier molecular flexibility index (Phi) is 9.56. The van der Waals surface area contributed by atoms with Gasteiger partial charge in [0.05, 0.1) is 16.7 Å². The first kappa shape index (κ1) is 22.8. The van der Waals surface area contributed by atoms with Gasteiger partial charge in [-0.3, -0.25) is 4.79 Å². The Bertz CT molecular complexity index is 866. The second-order valence-electron chi connectivity index (χ2n) is 6.56. The SMILES string of the molecule is CCCCCCOc1c(Cl)cc(C=C(C#N)C(=O)NCc2ccccc2)cc1Cl. The van der Waals surface area contributed by atoms with E-state index in [0.717, 1.165) is 31.2 Å². The van der Waals surface area contributed by atoms with Crippen LogP contribution >= 0.6 is 23.2 Å². The average molecular weight is 431 g/mol. The Hall–Kier alpha value is -2.48. The highest BCUT2D eigenvalue weighted by Gasteiger charge is 2.12. The number of halogens is 2. The number of nitrogens with zero attached hydrogens (tertiary/aromatic N) is 1. The molecular weight excluding hydrogens is 407 g/mol. The third-order valence-corrected chi connectivity index (χ3v) is 4.80. The number of carbonyl (C=O) groups is 1. The fourth-order valence-corrected chi connectivity index (χ4v) is 3.31. The van der Waals surface area contributed by atoms with Gasteiger partial charge in [0.15, 0.2) is 5.75 Å². The topological polar surface area (TPSA) is 62.1 Å². The van der Waals surface area contributed by atoms with Crippen molar-refractivity contribution in [1.29, 1.82) is 5.26 Å². The smallest absolute Gasteiger partial charge is 0.262 e. The van der Waals surface area contributed by atoms with Crippen LogP contribution < -0.4 is 10.1 Å². The first-order valence-electron chi connectivity index (χ1n) is 9.61. The van der Waals surface area contributed by atoms with Crippen molar-refractivity contribution in [1.82, 2.24) is 5.32 Å². The minimum atomic E-state index is -0.458. The number of nitriles is 1. The summed E-state index contributed by atoms with van der Waals surface area (Å²) in [6.45, 7) is 3.03. The van der Waals surface area contributed by atoms with E-state index in [-0.39, 0.29) is 5.57 Å². The van der Waals surface area contributed by atoms with E-state index in [9.17, 15) is 10.1 Å². The summed E-state index contributed by atoms with van der Waals surface area (Å²) in [5.41, 5.74) is 1.48. The second-order valence-corrected chi connectivity index (χ2v) is 7.38. The summed E-state index contributed by atoms with van der Waals surface area (Å²) in [7, 11) is 0. The molecule has 0 saturated heterocycles. The van der Waals surface area contributed by atoms with Crippen molar-refractivity contribution >= 4 is 35.2 Å². The minimum Gasteiger partial charge on any atom is -0.490 e. The highest BCUT2D eigenvalue weighted by atomic mass is 35.5. The lowest BCUT2D eigenvalue weighted by Crippen LogP contribution is -2.23. The van der Waals surface area contributed by atoms with Crippen LogP contribution in [0.5, 0.6) is 5.75 Å². The van der Waals surface area contributed by atoms with Crippen LogP contribution in [0.3, 0.4) is 0 Å². The zero-order valence-electron chi connectivity index (χ0n) is 16.4. The van der Waals surface area contributed by atoms with Gasteiger partial charge in [0.2, 0.25) is 0 Å². The molecule has 0 bridgehead atoms. The molecule has 1 amide bonds. The number of amides is 1. The third kappa shape index (κ3) is 7.45. The van der Waals surface area contributed by atoms with E-state index in [0.29, 0.717) is 34.5 Å². The molecular formula is C23H24Cl2N2O2. The summed E-state index contributed by atoms with van der Waals surface area (Å²) in [5.74, 6) is -0.0335. The van der Waals surface area contributed by atoms with Crippen LogP contribution in [0.15, 0.2) is 48.0 Å². The largest absolute Gasteiger partial charge is 0.490 e. The van der Waals surface area contributed by atoms with Crippen molar-refractivity contribution in [3.63, 3.8) is 0 Å². The molecule has 0 heterocycles. The van der Waals surface area contributed by atoms with Gasteiger partial charge in [0.1, 0.15) is 11.6 Å². The number of unbranched alkanes of at least 4 members (excludes halogenated alkanes) is 3.